The van der Waals surface area contributed by atoms with E-state index in [4.69, 9.17) is 0 Å². The number of hydrogen-bond donors (Lipinski definition) is 5. The van der Waals surface area contributed by atoms with E-state index in [1.807, 2.05) is 26.0 Å². The minimum atomic E-state index is -4.50. The SMILES string of the molecule is CC1(C)C(/C=C/C2=C(NCCCCCCCCCCC(=O)NCCCCN3C(=O)C=CC3=O)C(=C/C=C3/N(CCCCS(=O)(=O)O)c4ccc(S(=O)(=O)O)cc4C3(C)C)/CCC2)=[N+](CCCCS(=O)(=O)O)c2ccccc21. The molecule has 0 aromatic heterocycles. The predicted molar refractivity (Wildman–Crippen MR) is 301 cm³/mol. The van der Waals surface area contributed by atoms with E-state index < -0.39 is 35.8 Å². The van der Waals surface area contributed by atoms with E-state index >= 15 is 0 Å². The summed E-state index contributed by atoms with van der Waals surface area (Å²) in [5, 5.41) is 6.79. The maximum atomic E-state index is 12.4. The van der Waals surface area contributed by atoms with Crippen LogP contribution in [-0.4, -0.2) is 116 Å². The van der Waals surface area contributed by atoms with E-state index in [0.717, 1.165) is 117 Å². The molecular formula is C57H80N5O12S3+. The van der Waals surface area contributed by atoms with Crippen molar-refractivity contribution in [3.63, 3.8) is 0 Å². The van der Waals surface area contributed by atoms with Crippen molar-refractivity contribution in [1.29, 1.82) is 0 Å². The lowest BCUT2D eigenvalue weighted by Gasteiger charge is -2.28. The summed E-state index contributed by atoms with van der Waals surface area (Å²) in [5.74, 6) is -1.24. The monoisotopic (exact) mass is 1120 g/mol. The Balaban J connectivity index is 1.15. The van der Waals surface area contributed by atoms with E-state index in [1.54, 1.807) is 6.07 Å². The summed E-state index contributed by atoms with van der Waals surface area (Å²) in [5.41, 5.74) is 7.83. The van der Waals surface area contributed by atoms with E-state index in [2.05, 4.69) is 70.4 Å². The molecule has 2 aromatic carbocycles. The lowest BCUT2D eigenvalue weighted by atomic mass is 9.81. The minimum Gasteiger partial charge on any atom is -0.385 e. The van der Waals surface area contributed by atoms with E-state index in [1.165, 1.54) is 34.7 Å². The van der Waals surface area contributed by atoms with Gasteiger partial charge in [-0.3, -0.25) is 32.9 Å². The number of para-hydroxylation sites is 1. The minimum absolute atomic E-state index is 0.0207. The van der Waals surface area contributed by atoms with Crippen molar-refractivity contribution >= 4 is 65.2 Å². The quantitative estimate of drug-likeness (QED) is 0.0205. The van der Waals surface area contributed by atoms with Gasteiger partial charge >= 0.3 is 0 Å². The largest absolute Gasteiger partial charge is 0.385 e. The third kappa shape index (κ3) is 17.1. The van der Waals surface area contributed by atoms with Crippen LogP contribution in [0.5, 0.6) is 0 Å². The smallest absolute Gasteiger partial charge is 0.294 e. The second-order valence-electron chi connectivity index (χ2n) is 21.7. The lowest BCUT2D eigenvalue weighted by Crippen LogP contribution is -2.31. The number of benzene rings is 2. The fraction of sp³-hybridized carbons (Fsp3) is 0.544. The standard InChI is InChI=1S/C57H79N5O12S3/c1-56(2)46-24-12-13-25-48(46)60(37-17-19-40-75(66,67)68)50(56)31-27-43-22-21-23-44(28-32-51-57(3,4)47-42-45(77(72,73)74)29-30-49(47)61(51)38-18-20-41-76(69,70)71)55(43)59-36-14-10-8-6-5-7-9-11-26-52(63)58-35-15-16-39-62-53(64)33-34-54(62)65/h12-13,24-25,27-34,42H,5-11,14-23,26,35-41H2,1-4H3,(H4,58,63,66,67,68,69,70,71,72,73,74)/p+1/b44-28+,51-32+. The summed E-state index contributed by atoms with van der Waals surface area (Å²) in [4.78, 5) is 38.8. The van der Waals surface area contributed by atoms with Crippen LogP contribution in [0.4, 0.5) is 11.4 Å². The van der Waals surface area contributed by atoms with Gasteiger partial charge in [0.05, 0.1) is 21.8 Å². The normalized spacial score (nSPS) is 18.4. The Bertz CT molecular complexity index is 3010. The summed E-state index contributed by atoms with van der Waals surface area (Å²) in [6.07, 6.45) is 25.1. The first-order valence-corrected chi connectivity index (χ1v) is 32.0. The van der Waals surface area contributed by atoms with Crippen LogP contribution < -0.4 is 15.5 Å². The number of fused-ring (bicyclic) bond motifs is 2. The number of carbonyl (C=O) groups is 3. The van der Waals surface area contributed by atoms with Crippen molar-refractivity contribution in [2.45, 2.75) is 159 Å². The zero-order chi connectivity index (χ0) is 56.0. The van der Waals surface area contributed by atoms with E-state index in [-0.39, 0.29) is 46.0 Å². The van der Waals surface area contributed by atoms with Gasteiger partial charge < -0.3 is 15.5 Å². The number of allylic oxidation sites excluding steroid dienone is 7. The zero-order valence-electron chi connectivity index (χ0n) is 45.3. The summed E-state index contributed by atoms with van der Waals surface area (Å²) in [6.45, 7) is 11.0. The number of hydrogen-bond acceptors (Lipinski definition) is 11. The molecule has 4 aliphatic rings. The van der Waals surface area contributed by atoms with Crippen molar-refractivity contribution in [2.24, 2.45) is 0 Å². The third-order valence-electron chi connectivity index (χ3n) is 15.1. The van der Waals surface area contributed by atoms with Gasteiger partial charge in [-0.2, -0.15) is 29.8 Å². The number of carbonyl (C=O) groups excluding carboxylic acids is 3. The summed E-state index contributed by atoms with van der Waals surface area (Å²) >= 11 is 0. The molecule has 2 aromatic rings. The number of nitrogens with zero attached hydrogens (tertiary/aromatic N) is 3. The van der Waals surface area contributed by atoms with Gasteiger partial charge in [-0.05, 0) is 119 Å². The number of imide groups is 1. The molecule has 0 atom stereocenters. The second kappa shape index (κ2) is 27.1. The Morgan fingerprint density at radius 2 is 1.27 bits per heavy atom. The molecule has 20 heteroatoms. The average molecular weight is 1120 g/mol. The molecule has 0 radical (unpaired) electrons. The molecule has 422 valence electrons. The van der Waals surface area contributed by atoms with Crippen molar-refractivity contribution in [3.05, 3.63) is 113 Å². The highest BCUT2D eigenvalue weighted by molar-refractivity contribution is 7.86. The molecule has 3 amide bonds. The Kier molecular flexibility index (Phi) is 21.4. The predicted octanol–water partition coefficient (Wildman–Crippen LogP) is 9.17. The first kappa shape index (κ1) is 61.0. The highest BCUT2D eigenvalue weighted by Gasteiger charge is 2.44. The van der Waals surface area contributed by atoms with Crippen molar-refractivity contribution < 1.29 is 57.9 Å². The van der Waals surface area contributed by atoms with Gasteiger partial charge in [0.15, 0.2) is 5.71 Å². The summed E-state index contributed by atoms with van der Waals surface area (Å²) in [7, 11) is -12.7. The van der Waals surface area contributed by atoms with Crippen LogP contribution in [0.3, 0.4) is 0 Å². The highest BCUT2D eigenvalue weighted by atomic mass is 32.2. The van der Waals surface area contributed by atoms with Crippen molar-refractivity contribution in [1.82, 2.24) is 15.5 Å². The topological polar surface area (TPSA) is 248 Å². The zero-order valence-corrected chi connectivity index (χ0v) is 47.7. The fourth-order valence-corrected chi connectivity index (χ4v) is 12.6. The number of nitrogens with one attached hydrogen (secondary N) is 2. The van der Waals surface area contributed by atoms with Gasteiger partial charge in [0, 0.05) is 91.4 Å². The maximum Gasteiger partial charge on any atom is 0.294 e. The number of anilines is 1. The lowest BCUT2D eigenvalue weighted by molar-refractivity contribution is -0.438. The van der Waals surface area contributed by atoms with Gasteiger partial charge in [-0.1, -0.05) is 82.7 Å². The van der Waals surface area contributed by atoms with E-state index in [0.29, 0.717) is 70.3 Å². The number of amides is 3. The number of rotatable bonds is 31. The van der Waals surface area contributed by atoms with Gasteiger partial charge in [0.2, 0.25) is 11.6 Å². The van der Waals surface area contributed by atoms with Gasteiger partial charge in [-0.25, -0.2) is 0 Å². The first-order valence-electron chi connectivity index (χ1n) is 27.3. The molecule has 0 unspecified atom stereocenters. The Hall–Kier alpha value is -5.25. The summed E-state index contributed by atoms with van der Waals surface area (Å²) in [6, 6.07) is 12.8. The second-order valence-corrected chi connectivity index (χ2v) is 26.2. The highest BCUT2D eigenvalue weighted by Crippen LogP contribution is 2.49. The third-order valence-corrected chi connectivity index (χ3v) is 17.6. The maximum absolute atomic E-state index is 12.4. The molecule has 6 rings (SSSR count). The van der Waals surface area contributed by atoms with Crippen molar-refractivity contribution in [2.75, 3.05) is 49.1 Å². The van der Waals surface area contributed by atoms with Crippen molar-refractivity contribution in [3.8, 4) is 0 Å². The van der Waals surface area contributed by atoms with Crippen LogP contribution in [0, 0.1) is 0 Å². The molecule has 77 heavy (non-hydrogen) atoms. The van der Waals surface area contributed by atoms with Crippen LogP contribution in [0.2, 0.25) is 0 Å². The Morgan fingerprint density at radius 1 is 0.662 bits per heavy atom. The van der Waals surface area contributed by atoms with Gasteiger partial charge in [0.25, 0.3) is 42.2 Å². The molecule has 0 spiro atoms. The molecule has 0 saturated heterocycles. The van der Waals surface area contributed by atoms with Crippen LogP contribution in [0.25, 0.3) is 0 Å². The summed E-state index contributed by atoms with van der Waals surface area (Å²) < 4.78 is 102. The van der Waals surface area contributed by atoms with Crippen LogP contribution >= 0.6 is 0 Å². The van der Waals surface area contributed by atoms with Crippen LogP contribution in [0.15, 0.2) is 106 Å². The van der Waals surface area contributed by atoms with Gasteiger partial charge in [-0.15, -0.1) is 0 Å². The molecule has 3 aliphatic heterocycles. The van der Waals surface area contributed by atoms with Gasteiger partial charge in [0.1, 0.15) is 6.54 Å². The van der Waals surface area contributed by atoms with E-state index in [9.17, 15) is 53.3 Å². The fourth-order valence-electron chi connectivity index (χ4n) is 10.9. The molecule has 5 N–H and O–H groups in total. The molecule has 0 fully saturated rings. The average Bonchev–Trinajstić information content (AvgIpc) is 3.96. The number of unbranched alkanes of at least 4 members (excludes halogenated alkanes) is 10. The first-order chi connectivity index (χ1) is 36.4. The molecular weight excluding hydrogens is 1040 g/mol. The molecule has 3 heterocycles. The van der Waals surface area contributed by atoms with Crippen LogP contribution in [-0.2, 0) is 55.6 Å². The Labute approximate surface area is 457 Å². The molecule has 0 saturated carbocycles. The Morgan fingerprint density at radius 3 is 1.95 bits per heavy atom. The molecule has 0 bridgehead atoms. The van der Waals surface area contributed by atoms with Crippen LogP contribution in [0.1, 0.15) is 154 Å². The molecule has 17 nitrogen and oxygen atoms in total. The molecule has 1 aliphatic carbocycles.